The summed E-state index contributed by atoms with van der Waals surface area (Å²) in [6.45, 7) is 7.01. The summed E-state index contributed by atoms with van der Waals surface area (Å²) in [5.74, 6) is 0. The van der Waals surface area contributed by atoms with E-state index >= 15 is 0 Å². The summed E-state index contributed by atoms with van der Waals surface area (Å²) in [6.07, 6.45) is 3.86. The van der Waals surface area contributed by atoms with Crippen molar-refractivity contribution >= 4 is 0 Å². The van der Waals surface area contributed by atoms with Crippen molar-refractivity contribution in [3.63, 3.8) is 0 Å². The van der Waals surface area contributed by atoms with Crippen LogP contribution in [0.2, 0.25) is 0 Å². The van der Waals surface area contributed by atoms with E-state index in [1.54, 1.807) is 0 Å². The van der Waals surface area contributed by atoms with Crippen LogP contribution in [0.4, 0.5) is 0 Å². The molecule has 3 heteroatoms. The minimum atomic E-state index is 0.0444. The number of aryl methyl sites for hydroxylation is 2. The molecule has 1 aromatic carbocycles. The van der Waals surface area contributed by atoms with Crippen LogP contribution in [0.25, 0.3) is 0 Å². The second-order valence-corrected chi connectivity index (χ2v) is 4.76. The Balaban J connectivity index is 2.19. The van der Waals surface area contributed by atoms with Gasteiger partial charge in [-0.05, 0) is 26.3 Å². The molecule has 0 aliphatic rings. The Bertz CT molecular complexity index is 492. The van der Waals surface area contributed by atoms with Crippen LogP contribution < -0.4 is 5.73 Å². The van der Waals surface area contributed by atoms with Gasteiger partial charge in [-0.25, -0.2) is 0 Å². The molecule has 0 fully saturated rings. The number of hydrogen-bond donors (Lipinski definition) is 1. The Morgan fingerprint density at radius 3 is 2.41 bits per heavy atom. The molecule has 0 radical (unpaired) electrons. The molecule has 0 amide bonds. The van der Waals surface area contributed by atoms with E-state index in [1.165, 1.54) is 16.7 Å². The molecule has 2 aromatic rings. The van der Waals surface area contributed by atoms with Crippen molar-refractivity contribution in [1.82, 2.24) is 9.78 Å². The predicted molar refractivity (Wildman–Crippen MR) is 69.8 cm³/mol. The van der Waals surface area contributed by atoms with Crippen LogP contribution in [0.3, 0.4) is 0 Å². The van der Waals surface area contributed by atoms with Crippen molar-refractivity contribution in [1.29, 1.82) is 0 Å². The molecule has 1 atom stereocenters. The lowest BCUT2D eigenvalue weighted by Gasteiger charge is -2.05. The molecule has 1 heterocycles. The molecule has 2 N–H and O–H groups in total. The second kappa shape index (κ2) is 4.72. The monoisotopic (exact) mass is 229 g/mol. The summed E-state index contributed by atoms with van der Waals surface area (Å²) in [7, 11) is 0. The van der Waals surface area contributed by atoms with Gasteiger partial charge < -0.3 is 5.73 Å². The van der Waals surface area contributed by atoms with Gasteiger partial charge in [0.1, 0.15) is 0 Å². The fourth-order valence-electron chi connectivity index (χ4n) is 2.05. The number of aromatic nitrogens is 2. The first-order valence-electron chi connectivity index (χ1n) is 5.89. The van der Waals surface area contributed by atoms with E-state index in [4.69, 9.17) is 5.73 Å². The number of nitrogens with zero attached hydrogens (tertiary/aromatic N) is 2. The van der Waals surface area contributed by atoms with Gasteiger partial charge in [-0.2, -0.15) is 5.10 Å². The highest BCUT2D eigenvalue weighted by Gasteiger charge is 2.04. The van der Waals surface area contributed by atoms with Gasteiger partial charge in [-0.3, -0.25) is 4.68 Å². The molecule has 0 aliphatic carbocycles. The standard InChI is InChI=1S/C14H19N3/c1-10-4-11(2)6-13(5-10)8-17-9-14(7-16-17)12(3)15/h4-7,9,12H,8,15H2,1-3H3. The first kappa shape index (κ1) is 11.9. The molecule has 90 valence electrons. The van der Waals surface area contributed by atoms with Crippen LogP contribution in [0.5, 0.6) is 0 Å². The fraction of sp³-hybridized carbons (Fsp3) is 0.357. The Hall–Kier alpha value is -1.61. The SMILES string of the molecule is Cc1cc(C)cc(Cn2cc(C(C)N)cn2)c1. The summed E-state index contributed by atoms with van der Waals surface area (Å²) in [5, 5.41) is 4.33. The van der Waals surface area contributed by atoms with Gasteiger partial charge in [0.2, 0.25) is 0 Å². The van der Waals surface area contributed by atoms with Crippen LogP contribution >= 0.6 is 0 Å². The van der Waals surface area contributed by atoms with E-state index in [1.807, 2.05) is 24.0 Å². The van der Waals surface area contributed by atoms with Crippen molar-refractivity contribution in [3.8, 4) is 0 Å². The average Bonchev–Trinajstić information content (AvgIpc) is 2.64. The van der Waals surface area contributed by atoms with E-state index in [2.05, 4.69) is 37.1 Å². The molecule has 3 nitrogen and oxygen atoms in total. The second-order valence-electron chi connectivity index (χ2n) is 4.76. The molecular formula is C14H19N3. The first-order valence-corrected chi connectivity index (χ1v) is 5.89. The minimum absolute atomic E-state index is 0.0444. The van der Waals surface area contributed by atoms with E-state index in [-0.39, 0.29) is 6.04 Å². The number of hydrogen-bond acceptors (Lipinski definition) is 2. The molecule has 0 aliphatic heterocycles. The lowest BCUT2D eigenvalue weighted by atomic mass is 10.1. The molecule has 17 heavy (non-hydrogen) atoms. The lowest BCUT2D eigenvalue weighted by molar-refractivity contribution is 0.684. The van der Waals surface area contributed by atoms with E-state index in [0.717, 1.165) is 12.1 Å². The van der Waals surface area contributed by atoms with Crippen LogP contribution in [0.1, 0.15) is 35.2 Å². The van der Waals surface area contributed by atoms with Crippen LogP contribution in [0, 0.1) is 13.8 Å². The zero-order valence-electron chi connectivity index (χ0n) is 10.6. The van der Waals surface area contributed by atoms with Crippen molar-refractivity contribution in [2.24, 2.45) is 5.73 Å². The maximum atomic E-state index is 5.82. The summed E-state index contributed by atoms with van der Waals surface area (Å²) in [4.78, 5) is 0. The Morgan fingerprint density at radius 2 is 1.88 bits per heavy atom. The van der Waals surface area contributed by atoms with Crippen molar-refractivity contribution < 1.29 is 0 Å². The van der Waals surface area contributed by atoms with Gasteiger partial charge in [0.15, 0.2) is 0 Å². The largest absolute Gasteiger partial charge is 0.324 e. The maximum Gasteiger partial charge on any atom is 0.0659 e. The van der Waals surface area contributed by atoms with Crippen LogP contribution in [0.15, 0.2) is 30.6 Å². The van der Waals surface area contributed by atoms with Crippen molar-refractivity contribution in [3.05, 3.63) is 52.8 Å². The molecule has 1 aromatic heterocycles. The highest BCUT2D eigenvalue weighted by atomic mass is 15.3. The van der Waals surface area contributed by atoms with Gasteiger partial charge in [-0.15, -0.1) is 0 Å². The maximum absolute atomic E-state index is 5.82. The van der Waals surface area contributed by atoms with Gasteiger partial charge in [0, 0.05) is 17.8 Å². The molecule has 2 rings (SSSR count). The summed E-state index contributed by atoms with van der Waals surface area (Å²) < 4.78 is 1.94. The first-order chi connectivity index (χ1) is 8.04. The zero-order chi connectivity index (χ0) is 12.4. The highest BCUT2D eigenvalue weighted by molar-refractivity contribution is 5.28. The van der Waals surface area contributed by atoms with E-state index in [0.29, 0.717) is 0 Å². The number of benzene rings is 1. The summed E-state index contributed by atoms with van der Waals surface area (Å²) in [5.41, 5.74) is 10.8. The lowest BCUT2D eigenvalue weighted by Crippen LogP contribution is -2.04. The minimum Gasteiger partial charge on any atom is -0.324 e. The van der Waals surface area contributed by atoms with E-state index < -0.39 is 0 Å². The quantitative estimate of drug-likeness (QED) is 0.879. The molecule has 0 bridgehead atoms. The van der Waals surface area contributed by atoms with Gasteiger partial charge in [-0.1, -0.05) is 29.3 Å². The molecule has 0 saturated carbocycles. The van der Waals surface area contributed by atoms with E-state index in [9.17, 15) is 0 Å². The number of rotatable bonds is 3. The average molecular weight is 229 g/mol. The molecular weight excluding hydrogens is 210 g/mol. The number of nitrogens with two attached hydrogens (primary N) is 1. The van der Waals surface area contributed by atoms with Gasteiger partial charge >= 0.3 is 0 Å². The highest BCUT2D eigenvalue weighted by Crippen LogP contribution is 2.12. The molecule has 0 spiro atoms. The van der Waals surface area contributed by atoms with Crippen LogP contribution in [-0.4, -0.2) is 9.78 Å². The zero-order valence-corrected chi connectivity index (χ0v) is 10.6. The van der Waals surface area contributed by atoms with Gasteiger partial charge in [0.25, 0.3) is 0 Å². The molecule has 0 saturated heterocycles. The smallest absolute Gasteiger partial charge is 0.0659 e. The third kappa shape index (κ3) is 2.94. The normalized spacial score (nSPS) is 12.7. The third-order valence-corrected chi connectivity index (χ3v) is 2.81. The Morgan fingerprint density at radius 1 is 1.24 bits per heavy atom. The Labute approximate surface area is 102 Å². The third-order valence-electron chi connectivity index (χ3n) is 2.81. The fourth-order valence-corrected chi connectivity index (χ4v) is 2.05. The molecule has 1 unspecified atom stereocenters. The van der Waals surface area contributed by atoms with Crippen molar-refractivity contribution in [2.75, 3.05) is 0 Å². The van der Waals surface area contributed by atoms with Crippen molar-refractivity contribution in [2.45, 2.75) is 33.4 Å². The summed E-state index contributed by atoms with van der Waals surface area (Å²) in [6, 6.07) is 6.61. The van der Waals surface area contributed by atoms with Crippen LogP contribution in [-0.2, 0) is 6.54 Å². The topological polar surface area (TPSA) is 43.8 Å². The van der Waals surface area contributed by atoms with Gasteiger partial charge in [0.05, 0.1) is 12.7 Å². The summed E-state index contributed by atoms with van der Waals surface area (Å²) >= 11 is 0. The Kier molecular flexibility index (Phi) is 3.29. The predicted octanol–water partition coefficient (Wildman–Crippen LogP) is 2.57.